The molecule has 0 unspecified atom stereocenters. The van der Waals surface area contributed by atoms with E-state index in [-0.39, 0.29) is 61.9 Å². The number of anilines is 1. The molecule has 32 heavy (non-hydrogen) atoms. The molecule has 1 fully saturated rings. The number of piperazine rings is 1. The van der Waals surface area contributed by atoms with Crippen molar-refractivity contribution in [3.8, 4) is 5.75 Å². The number of hydrogen-bond donors (Lipinski definition) is 3. The van der Waals surface area contributed by atoms with Gasteiger partial charge in [0.05, 0.1) is 23.5 Å². The zero-order chi connectivity index (χ0) is 23.2. The SMILES string of the molecule is O=C(O)C=C(C(=O)O)N1CCN(c2c(F)cc3c(=O)c(C(=O)O)cn4c3c2OCC4)CC1. The fourth-order valence-electron chi connectivity index (χ4n) is 4.07. The van der Waals surface area contributed by atoms with Crippen LogP contribution in [0.3, 0.4) is 0 Å². The topological polar surface area (TPSA) is 150 Å². The zero-order valence-electron chi connectivity index (χ0n) is 16.6. The summed E-state index contributed by atoms with van der Waals surface area (Å²) in [6.45, 7) is 0.997. The Balaban J connectivity index is 1.74. The van der Waals surface area contributed by atoms with E-state index >= 15 is 4.39 Å². The van der Waals surface area contributed by atoms with Crippen molar-refractivity contribution in [2.24, 2.45) is 0 Å². The quantitative estimate of drug-likeness (QED) is 0.550. The summed E-state index contributed by atoms with van der Waals surface area (Å²) in [6, 6.07) is 0.994. The first-order valence-corrected chi connectivity index (χ1v) is 9.62. The molecule has 168 valence electrons. The predicted molar refractivity (Wildman–Crippen MR) is 108 cm³/mol. The molecule has 3 heterocycles. The molecule has 3 N–H and O–H groups in total. The molecule has 11 nitrogen and oxygen atoms in total. The third kappa shape index (κ3) is 3.49. The van der Waals surface area contributed by atoms with Gasteiger partial charge in [-0.3, -0.25) is 4.79 Å². The van der Waals surface area contributed by atoms with Crippen molar-refractivity contribution in [2.75, 3.05) is 37.7 Å². The average Bonchev–Trinajstić information content (AvgIpc) is 2.74. The van der Waals surface area contributed by atoms with E-state index in [1.807, 2.05) is 0 Å². The summed E-state index contributed by atoms with van der Waals surface area (Å²) in [4.78, 5) is 49.3. The first-order chi connectivity index (χ1) is 15.2. The normalized spacial score (nSPS) is 16.1. The van der Waals surface area contributed by atoms with E-state index in [4.69, 9.17) is 9.84 Å². The maximum Gasteiger partial charge on any atom is 0.352 e. The highest BCUT2D eigenvalue weighted by atomic mass is 19.1. The number of rotatable bonds is 5. The van der Waals surface area contributed by atoms with Gasteiger partial charge < -0.3 is 34.4 Å². The summed E-state index contributed by atoms with van der Waals surface area (Å²) >= 11 is 0. The molecule has 2 aliphatic heterocycles. The number of benzene rings is 1. The molecule has 0 spiro atoms. The molecule has 1 aromatic carbocycles. The van der Waals surface area contributed by atoms with E-state index < -0.39 is 34.7 Å². The van der Waals surface area contributed by atoms with Crippen LogP contribution in [0.2, 0.25) is 0 Å². The van der Waals surface area contributed by atoms with Crippen molar-refractivity contribution in [3.63, 3.8) is 0 Å². The molecule has 0 atom stereocenters. The van der Waals surface area contributed by atoms with Crippen LogP contribution in [0.15, 0.2) is 28.8 Å². The molecule has 0 radical (unpaired) electrons. The number of aromatic nitrogens is 1. The molecule has 1 aromatic heterocycles. The van der Waals surface area contributed by atoms with Crippen LogP contribution >= 0.6 is 0 Å². The minimum absolute atomic E-state index is 0.0900. The van der Waals surface area contributed by atoms with Crippen molar-refractivity contribution in [3.05, 3.63) is 45.6 Å². The first kappa shape index (κ1) is 21.2. The number of pyridine rings is 1. The van der Waals surface area contributed by atoms with Gasteiger partial charge in [-0.2, -0.15) is 0 Å². The fraction of sp³-hybridized carbons (Fsp3) is 0.300. The van der Waals surface area contributed by atoms with Crippen LogP contribution in [0, 0.1) is 5.82 Å². The Morgan fingerprint density at radius 3 is 2.34 bits per heavy atom. The summed E-state index contributed by atoms with van der Waals surface area (Å²) in [7, 11) is 0. The van der Waals surface area contributed by atoms with E-state index in [1.165, 1.54) is 11.1 Å². The highest BCUT2D eigenvalue weighted by molar-refractivity contribution is 5.97. The van der Waals surface area contributed by atoms with Crippen LogP contribution < -0.4 is 15.1 Å². The van der Waals surface area contributed by atoms with Gasteiger partial charge in [-0.1, -0.05) is 0 Å². The maximum atomic E-state index is 15.2. The van der Waals surface area contributed by atoms with Gasteiger partial charge in [-0.05, 0) is 6.07 Å². The Morgan fingerprint density at radius 1 is 1.06 bits per heavy atom. The Kier molecular flexibility index (Phi) is 5.20. The molecular formula is C20H18FN3O8. The van der Waals surface area contributed by atoms with Crippen molar-refractivity contribution >= 4 is 34.5 Å². The van der Waals surface area contributed by atoms with Gasteiger partial charge in [0.2, 0.25) is 5.43 Å². The summed E-state index contributed by atoms with van der Waals surface area (Å²) in [6.07, 6.45) is 1.83. The Labute approximate surface area is 179 Å². The highest BCUT2D eigenvalue weighted by Crippen LogP contribution is 2.40. The van der Waals surface area contributed by atoms with Crippen molar-refractivity contribution < 1.29 is 38.8 Å². The third-order valence-corrected chi connectivity index (χ3v) is 5.47. The number of ether oxygens (including phenoxy) is 1. The number of carbonyl (C=O) groups is 3. The number of halogens is 1. The van der Waals surface area contributed by atoms with E-state index in [9.17, 15) is 29.4 Å². The lowest BCUT2D eigenvalue weighted by atomic mass is 10.1. The average molecular weight is 447 g/mol. The summed E-state index contributed by atoms with van der Waals surface area (Å²) < 4.78 is 22.4. The smallest absolute Gasteiger partial charge is 0.352 e. The monoisotopic (exact) mass is 447 g/mol. The lowest BCUT2D eigenvalue weighted by Crippen LogP contribution is -2.47. The summed E-state index contributed by atoms with van der Waals surface area (Å²) in [5.74, 6) is -4.82. The molecule has 1 saturated heterocycles. The number of carboxylic acid groups (broad SMARTS) is 3. The fourth-order valence-corrected chi connectivity index (χ4v) is 4.07. The number of nitrogens with zero attached hydrogens (tertiary/aromatic N) is 3. The van der Waals surface area contributed by atoms with Crippen LogP contribution in [-0.2, 0) is 16.1 Å². The Bertz CT molecular complexity index is 1240. The lowest BCUT2D eigenvalue weighted by molar-refractivity contribution is -0.136. The molecule has 0 saturated carbocycles. The predicted octanol–water partition coefficient (Wildman–Crippen LogP) is 0.406. The second-order valence-electron chi connectivity index (χ2n) is 7.30. The standard InChI is InChI=1S/C20H18FN3O8/c21-12-7-10-15-18(32-6-5-24(15)9-11(17(10)27)19(28)29)16(12)23-3-1-22(2-4-23)13(20(30)31)8-14(25)26/h7-9H,1-6H2,(H,25,26)(H,28,29)(H,30,31). The molecule has 0 aliphatic carbocycles. The Morgan fingerprint density at radius 2 is 1.75 bits per heavy atom. The number of carboxylic acids is 3. The molecule has 0 bridgehead atoms. The Hall–Kier alpha value is -4.09. The molecular weight excluding hydrogens is 429 g/mol. The van der Waals surface area contributed by atoms with E-state index in [2.05, 4.69) is 0 Å². The van der Waals surface area contributed by atoms with Crippen LogP contribution in [0.1, 0.15) is 10.4 Å². The zero-order valence-corrected chi connectivity index (χ0v) is 16.6. The molecule has 12 heteroatoms. The number of aliphatic carboxylic acids is 2. The maximum absolute atomic E-state index is 15.2. The molecule has 2 aliphatic rings. The largest absolute Gasteiger partial charge is 0.487 e. The van der Waals surface area contributed by atoms with Gasteiger partial charge in [-0.15, -0.1) is 0 Å². The van der Waals surface area contributed by atoms with Crippen LogP contribution in [0.25, 0.3) is 10.9 Å². The van der Waals surface area contributed by atoms with Crippen molar-refractivity contribution in [1.29, 1.82) is 0 Å². The molecule has 2 aromatic rings. The second-order valence-corrected chi connectivity index (χ2v) is 7.30. The van der Waals surface area contributed by atoms with E-state index in [1.54, 1.807) is 9.47 Å². The third-order valence-electron chi connectivity index (χ3n) is 5.47. The summed E-state index contributed by atoms with van der Waals surface area (Å²) in [5, 5.41) is 27.4. The van der Waals surface area contributed by atoms with Crippen LogP contribution in [-0.4, -0.2) is 75.5 Å². The minimum atomic E-state index is -1.40. The van der Waals surface area contributed by atoms with Gasteiger partial charge in [0.25, 0.3) is 0 Å². The molecule has 0 amide bonds. The number of hydrogen-bond acceptors (Lipinski definition) is 7. The minimum Gasteiger partial charge on any atom is -0.487 e. The lowest BCUT2D eigenvalue weighted by Gasteiger charge is -2.38. The highest BCUT2D eigenvalue weighted by Gasteiger charge is 2.31. The first-order valence-electron chi connectivity index (χ1n) is 9.62. The second kappa shape index (κ2) is 7.87. The summed E-state index contributed by atoms with van der Waals surface area (Å²) in [5.41, 5.74) is -1.26. The van der Waals surface area contributed by atoms with Gasteiger partial charge in [0.1, 0.15) is 23.6 Å². The van der Waals surface area contributed by atoms with E-state index in [0.29, 0.717) is 11.6 Å². The van der Waals surface area contributed by atoms with Gasteiger partial charge in [0, 0.05) is 32.4 Å². The van der Waals surface area contributed by atoms with Crippen molar-refractivity contribution in [1.82, 2.24) is 9.47 Å². The van der Waals surface area contributed by atoms with Gasteiger partial charge in [0.15, 0.2) is 11.6 Å². The number of aromatic carboxylic acids is 1. The van der Waals surface area contributed by atoms with E-state index in [0.717, 1.165) is 6.07 Å². The van der Waals surface area contributed by atoms with Crippen LogP contribution in [0.4, 0.5) is 10.1 Å². The molecule has 4 rings (SSSR count). The van der Waals surface area contributed by atoms with Gasteiger partial charge >= 0.3 is 17.9 Å². The van der Waals surface area contributed by atoms with Crippen LogP contribution in [0.5, 0.6) is 5.75 Å². The van der Waals surface area contributed by atoms with Crippen molar-refractivity contribution in [2.45, 2.75) is 6.54 Å². The van der Waals surface area contributed by atoms with Gasteiger partial charge in [-0.25, -0.2) is 18.8 Å².